The van der Waals surface area contributed by atoms with E-state index in [1.165, 1.54) is 12.1 Å². The van der Waals surface area contributed by atoms with Gasteiger partial charge in [-0.3, -0.25) is 15.0 Å². The van der Waals surface area contributed by atoms with Crippen LogP contribution in [0.15, 0.2) is 47.1 Å². The third-order valence-corrected chi connectivity index (χ3v) is 3.20. The molecule has 0 radical (unpaired) electrons. The molecule has 21 heavy (non-hydrogen) atoms. The van der Waals surface area contributed by atoms with Gasteiger partial charge in [-0.25, -0.2) is 0 Å². The normalized spacial score (nSPS) is 12.3. The van der Waals surface area contributed by atoms with Crippen LogP contribution in [-0.4, -0.2) is 30.5 Å². The summed E-state index contributed by atoms with van der Waals surface area (Å²) in [6.07, 6.45) is 2.42. The third kappa shape index (κ3) is 4.06. The zero-order valence-electron chi connectivity index (χ0n) is 12.1. The van der Waals surface area contributed by atoms with E-state index in [4.69, 9.17) is 9.15 Å². The highest BCUT2D eigenvalue weighted by Gasteiger charge is 2.16. The second kappa shape index (κ2) is 6.90. The Hall–Kier alpha value is -2.34. The van der Waals surface area contributed by atoms with Gasteiger partial charge in [0.15, 0.2) is 0 Å². The minimum atomic E-state index is -0.428. The van der Waals surface area contributed by atoms with Crippen molar-refractivity contribution >= 4 is 5.69 Å². The summed E-state index contributed by atoms with van der Waals surface area (Å²) >= 11 is 0. The molecule has 0 amide bonds. The van der Waals surface area contributed by atoms with Crippen molar-refractivity contribution in [1.82, 2.24) is 4.90 Å². The number of ether oxygens (including phenoxy) is 1. The van der Waals surface area contributed by atoms with E-state index in [0.29, 0.717) is 12.4 Å². The average molecular weight is 290 g/mol. The van der Waals surface area contributed by atoms with Gasteiger partial charge >= 0.3 is 0 Å². The Morgan fingerprint density at radius 2 is 2.00 bits per heavy atom. The molecule has 0 aliphatic rings. The van der Waals surface area contributed by atoms with Crippen molar-refractivity contribution in [3.05, 3.63) is 58.5 Å². The summed E-state index contributed by atoms with van der Waals surface area (Å²) in [4.78, 5) is 12.2. The van der Waals surface area contributed by atoms with Crippen LogP contribution in [0.4, 0.5) is 5.69 Å². The van der Waals surface area contributed by atoms with Crippen LogP contribution in [-0.2, 0) is 0 Å². The first-order valence-corrected chi connectivity index (χ1v) is 6.65. The molecule has 6 heteroatoms. The van der Waals surface area contributed by atoms with Crippen molar-refractivity contribution in [2.45, 2.75) is 12.5 Å². The molecular weight excluding hydrogens is 272 g/mol. The van der Waals surface area contributed by atoms with Crippen LogP contribution in [0.3, 0.4) is 0 Å². The van der Waals surface area contributed by atoms with Gasteiger partial charge in [-0.05, 0) is 38.4 Å². The lowest BCUT2D eigenvalue weighted by Gasteiger charge is -2.22. The number of nitro groups is 1. The Labute approximate surface area is 123 Å². The van der Waals surface area contributed by atoms with Gasteiger partial charge in [-0.1, -0.05) is 0 Å². The number of nitro benzene ring substituents is 1. The predicted molar refractivity (Wildman–Crippen MR) is 78.3 cm³/mol. The van der Waals surface area contributed by atoms with E-state index in [1.807, 2.05) is 26.2 Å². The maximum absolute atomic E-state index is 10.6. The lowest BCUT2D eigenvalue weighted by molar-refractivity contribution is -0.384. The highest BCUT2D eigenvalue weighted by Crippen LogP contribution is 2.23. The van der Waals surface area contributed by atoms with E-state index in [-0.39, 0.29) is 11.7 Å². The fourth-order valence-electron chi connectivity index (χ4n) is 2.09. The molecule has 0 aliphatic carbocycles. The number of hydrogen-bond donors (Lipinski definition) is 0. The zero-order valence-corrected chi connectivity index (χ0v) is 12.1. The second-order valence-electron chi connectivity index (χ2n) is 4.88. The first kappa shape index (κ1) is 15.1. The SMILES string of the molecule is CN(C)C(CCOc1ccc([N+](=O)[O-])cc1)c1ccco1. The van der Waals surface area contributed by atoms with E-state index in [2.05, 4.69) is 4.90 Å². The van der Waals surface area contributed by atoms with Gasteiger partial charge in [0.25, 0.3) is 5.69 Å². The number of rotatable bonds is 7. The van der Waals surface area contributed by atoms with E-state index in [0.717, 1.165) is 12.2 Å². The predicted octanol–water partition coefficient (Wildman–Crippen LogP) is 3.26. The number of furan rings is 1. The summed E-state index contributed by atoms with van der Waals surface area (Å²) in [5.41, 5.74) is 0.0594. The summed E-state index contributed by atoms with van der Waals surface area (Å²) < 4.78 is 11.1. The summed E-state index contributed by atoms with van der Waals surface area (Å²) in [6, 6.07) is 10.0. The molecule has 1 unspecified atom stereocenters. The van der Waals surface area contributed by atoms with Gasteiger partial charge in [0, 0.05) is 18.6 Å². The fourth-order valence-corrected chi connectivity index (χ4v) is 2.09. The third-order valence-electron chi connectivity index (χ3n) is 3.20. The van der Waals surface area contributed by atoms with Gasteiger partial charge in [0.1, 0.15) is 11.5 Å². The molecule has 1 aromatic heterocycles. The van der Waals surface area contributed by atoms with E-state index >= 15 is 0 Å². The monoisotopic (exact) mass is 290 g/mol. The Balaban J connectivity index is 1.89. The Morgan fingerprint density at radius 1 is 1.29 bits per heavy atom. The Morgan fingerprint density at radius 3 is 2.52 bits per heavy atom. The fraction of sp³-hybridized carbons (Fsp3) is 0.333. The molecule has 2 aromatic rings. The minimum absolute atomic E-state index is 0.0594. The van der Waals surface area contributed by atoms with Crippen molar-refractivity contribution in [1.29, 1.82) is 0 Å². The maximum atomic E-state index is 10.6. The average Bonchev–Trinajstić information content (AvgIpc) is 2.97. The van der Waals surface area contributed by atoms with Gasteiger partial charge in [0.2, 0.25) is 0 Å². The summed E-state index contributed by atoms with van der Waals surface area (Å²) in [5, 5.41) is 10.6. The smallest absolute Gasteiger partial charge is 0.269 e. The number of nitrogens with zero attached hydrogens (tertiary/aromatic N) is 2. The first-order valence-electron chi connectivity index (χ1n) is 6.65. The summed E-state index contributed by atoms with van der Waals surface area (Å²) in [6.45, 7) is 0.501. The van der Waals surface area contributed by atoms with Crippen molar-refractivity contribution in [2.75, 3.05) is 20.7 Å². The van der Waals surface area contributed by atoms with Crippen LogP contribution in [0.2, 0.25) is 0 Å². The Bertz CT molecular complexity index is 564. The van der Waals surface area contributed by atoms with E-state index in [9.17, 15) is 10.1 Å². The first-order chi connectivity index (χ1) is 10.1. The molecule has 6 nitrogen and oxygen atoms in total. The molecule has 0 bridgehead atoms. The Kier molecular flexibility index (Phi) is 4.94. The molecule has 0 fully saturated rings. The zero-order chi connectivity index (χ0) is 15.2. The van der Waals surface area contributed by atoms with Crippen LogP contribution in [0.5, 0.6) is 5.75 Å². The lowest BCUT2D eigenvalue weighted by Crippen LogP contribution is -2.21. The highest BCUT2D eigenvalue weighted by molar-refractivity contribution is 5.35. The van der Waals surface area contributed by atoms with E-state index in [1.54, 1.807) is 18.4 Å². The topological polar surface area (TPSA) is 68.8 Å². The second-order valence-corrected chi connectivity index (χ2v) is 4.88. The standard InChI is InChI=1S/C15H18N2O4/c1-16(2)14(15-4-3-10-21-15)9-11-20-13-7-5-12(6-8-13)17(18)19/h3-8,10,14H,9,11H2,1-2H3. The summed E-state index contributed by atoms with van der Waals surface area (Å²) in [5.74, 6) is 1.52. The molecule has 0 spiro atoms. The number of benzene rings is 1. The summed E-state index contributed by atoms with van der Waals surface area (Å²) in [7, 11) is 3.97. The molecule has 0 N–H and O–H groups in total. The molecule has 1 aromatic carbocycles. The van der Waals surface area contributed by atoms with Gasteiger partial charge in [0.05, 0.1) is 23.8 Å². The molecule has 2 rings (SSSR count). The van der Waals surface area contributed by atoms with Crippen molar-refractivity contribution in [3.8, 4) is 5.75 Å². The molecule has 112 valence electrons. The minimum Gasteiger partial charge on any atom is -0.494 e. The van der Waals surface area contributed by atoms with Crippen molar-refractivity contribution in [3.63, 3.8) is 0 Å². The highest BCUT2D eigenvalue weighted by atomic mass is 16.6. The van der Waals surface area contributed by atoms with E-state index < -0.39 is 4.92 Å². The molecule has 1 heterocycles. The lowest BCUT2D eigenvalue weighted by atomic mass is 10.1. The molecule has 0 saturated heterocycles. The number of non-ortho nitro benzene ring substituents is 1. The molecule has 0 saturated carbocycles. The van der Waals surface area contributed by atoms with Gasteiger partial charge in [-0.15, -0.1) is 0 Å². The maximum Gasteiger partial charge on any atom is 0.269 e. The molecule has 1 atom stereocenters. The van der Waals surface area contributed by atoms with Gasteiger partial charge in [-0.2, -0.15) is 0 Å². The largest absolute Gasteiger partial charge is 0.494 e. The van der Waals surface area contributed by atoms with Crippen LogP contribution in [0.1, 0.15) is 18.2 Å². The van der Waals surface area contributed by atoms with Crippen LogP contribution < -0.4 is 4.74 Å². The van der Waals surface area contributed by atoms with Crippen LogP contribution in [0.25, 0.3) is 0 Å². The number of hydrogen-bond acceptors (Lipinski definition) is 5. The quantitative estimate of drug-likeness (QED) is 0.578. The van der Waals surface area contributed by atoms with Crippen molar-refractivity contribution < 1.29 is 14.1 Å². The molecule has 0 aliphatic heterocycles. The van der Waals surface area contributed by atoms with Crippen LogP contribution >= 0.6 is 0 Å². The van der Waals surface area contributed by atoms with Crippen molar-refractivity contribution in [2.24, 2.45) is 0 Å². The van der Waals surface area contributed by atoms with Crippen LogP contribution in [0, 0.1) is 10.1 Å². The van der Waals surface area contributed by atoms with Gasteiger partial charge < -0.3 is 9.15 Å². The molecular formula is C15H18N2O4.